The maximum Gasteiger partial charge on any atom is 0.240 e. The number of anilines is 1. The third kappa shape index (κ3) is 2.53. The van der Waals surface area contributed by atoms with Gasteiger partial charge in [-0.1, -0.05) is 23.3 Å². The summed E-state index contributed by atoms with van der Waals surface area (Å²) in [5, 5.41) is 0.540. The number of amides is 2. The van der Waals surface area contributed by atoms with Crippen LogP contribution in [0.25, 0.3) is 11.3 Å². The molecule has 3 fully saturated rings. The van der Waals surface area contributed by atoms with E-state index in [1.165, 1.54) is 38.5 Å². The Bertz CT molecular complexity index is 1060. The normalized spacial score (nSPS) is 27.9. The Morgan fingerprint density at radius 3 is 2.17 bits per heavy atom. The summed E-state index contributed by atoms with van der Waals surface area (Å²) in [6, 6.07) is 6.29. The van der Waals surface area contributed by atoms with Gasteiger partial charge in [0.2, 0.25) is 11.8 Å². The van der Waals surface area contributed by atoms with Gasteiger partial charge >= 0.3 is 0 Å². The van der Waals surface area contributed by atoms with Crippen LogP contribution < -0.4 is 4.90 Å². The molecule has 1 aliphatic heterocycles. The Labute approximate surface area is 175 Å². The Balaban J connectivity index is 1.52. The molecule has 3 aliphatic rings. The number of allylic oxidation sites excluding steroid dienone is 2. The SMILES string of the molecule is CC(C)=C1[C@H]2CC[C@@H]1[C@@H]1C(=O)N(c3nc(-c4ccc(C)c(C)c4)c(C)s3)C(=O)[C@H]12. The van der Waals surface area contributed by atoms with E-state index in [9.17, 15) is 9.59 Å². The first-order valence-corrected chi connectivity index (χ1v) is 11.2. The zero-order valence-electron chi connectivity index (χ0n) is 17.6. The van der Waals surface area contributed by atoms with Gasteiger partial charge in [-0.25, -0.2) is 9.88 Å². The third-order valence-corrected chi connectivity index (χ3v) is 8.14. The average molecular weight is 407 g/mol. The molecule has 5 rings (SSSR count). The quantitative estimate of drug-likeness (QED) is 0.508. The average Bonchev–Trinajstić information content (AvgIpc) is 3.39. The number of carbonyl (C=O) groups is 2. The number of imide groups is 1. The summed E-state index contributed by atoms with van der Waals surface area (Å²) < 4.78 is 0. The van der Waals surface area contributed by atoms with Crippen molar-refractivity contribution in [2.75, 3.05) is 4.90 Å². The Morgan fingerprint density at radius 2 is 1.62 bits per heavy atom. The van der Waals surface area contributed by atoms with Gasteiger partial charge in [-0.15, -0.1) is 11.3 Å². The van der Waals surface area contributed by atoms with Gasteiger partial charge in [-0.05, 0) is 76.5 Å². The second-order valence-electron chi connectivity index (χ2n) is 9.01. The van der Waals surface area contributed by atoms with Crippen molar-refractivity contribution in [3.63, 3.8) is 0 Å². The fourth-order valence-electron chi connectivity index (χ4n) is 5.81. The van der Waals surface area contributed by atoms with Crippen molar-refractivity contribution in [1.82, 2.24) is 4.98 Å². The molecule has 2 aliphatic carbocycles. The fourth-order valence-corrected chi connectivity index (χ4v) is 6.76. The van der Waals surface area contributed by atoms with Crippen LogP contribution >= 0.6 is 11.3 Å². The van der Waals surface area contributed by atoms with Crippen LogP contribution in [0.15, 0.2) is 29.3 Å². The molecule has 2 amide bonds. The molecule has 150 valence electrons. The van der Waals surface area contributed by atoms with E-state index in [2.05, 4.69) is 45.9 Å². The lowest BCUT2D eigenvalue weighted by Gasteiger charge is -2.18. The first-order chi connectivity index (χ1) is 13.8. The number of hydrogen-bond acceptors (Lipinski definition) is 4. The van der Waals surface area contributed by atoms with E-state index in [0.717, 1.165) is 29.0 Å². The molecular formula is C24H26N2O2S. The van der Waals surface area contributed by atoms with Gasteiger partial charge in [0.1, 0.15) is 0 Å². The maximum absolute atomic E-state index is 13.4. The number of nitrogens with zero attached hydrogens (tertiary/aromatic N) is 2. The van der Waals surface area contributed by atoms with Gasteiger partial charge in [0.05, 0.1) is 17.5 Å². The van der Waals surface area contributed by atoms with E-state index in [0.29, 0.717) is 5.13 Å². The molecule has 0 N–H and O–H groups in total. The van der Waals surface area contributed by atoms with Gasteiger partial charge in [0.15, 0.2) is 5.13 Å². The van der Waals surface area contributed by atoms with Crippen LogP contribution in [0, 0.1) is 44.4 Å². The molecule has 1 aromatic carbocycles. The van der Waals surface area contributed by atoms with Crippen LogP contribution in [0.2, 0.25) is 0 Å². The first kappa shape index (κ1) is 18.7. The highest BCUT2D eigenvalue weighted by molar-refractivity contribution is 7.16. The largest absolute Gasteiger partial charge is 0.274 e. The minimum Gasteiger partial charge on any atom is -0.274 e. The Kier molecular flexibility index (Phi) is 4.11. The van der Waals surface area contributed by atoms with Crippen molar-refractivity contribution in [3.05, 3.63) is 45.3 Å². The maximum atomic E-state index is 13.4. The molecule has 0 unspecified atom stereocenters. The summed E-state index contributed by atoms with van der Waals surface area (Å²) in [6.07, 6.45) is 2.06. The van der Waals surface area contributed by atoms with Crippen molar-refractivity contribution in [3.8, 4) is 11.3 Å². The van der Waals surface area contributed by atoms with Gasteiger partial charge in [0, 0.05) is 10.4 Å². The van der Waals surface area contributed by atoms with E-state index in [-0.39, 0.29) is 35.5 Å². The lowest BCUT2D eigenvalue weighted by molar-refractivity contribution is -0.123. The van der Waals surface area contributed by atoms with Crippen molar-refractivity contribution in [2.45, 2.75) is 47.5 Å². The van der Waals surface area contributed by atoms with Gasteiger partial charge in [-0.2, -0.15) is 0 Å². The number of thiazole rings is 1. The standard InChI is InChI=1S/C24H26N2O2S/c1-11(2)18-16-8-9-17(18)20-19(16)22(27)26(23(20)28)24-25-21(14(5)29-24)15-7-6-12(3)13(4)10-15/h6-7,10,16-17,19-20H,8-9H2,1-5H3/t16-,17+,19-,20-/m0/s1. The number of rotatable bonds is 2. The zero-order valence-corrected chi connectivity index (χ0v) is 18.4. The second-order valence-corrected chi connectivity index (χ2v) is 10.2. The molecule has 4 nitrogen and oxygen atoms in total. The van der Waals surface area contributed by atoms with Gasteiger partial charge in [0.25, 0.3) is 0 Å². The number of aryl methyl sites for hydroxylation is 3. The number of carbonyl (C=O) groups excluding carboxylic acids is 2. The second kappa shape index (κ2) is 6.36. The third-order valence-electron chi connectivity index (χ3n) is 7.19. The van der Waals surface area contributed by atoms with E-state index < -0.39 is 0 Å². The summed E-state index contributed by atoms with van der Waals surface area (Å²) in [5.41, 5.74) is 7.04. The Hall–Kier alpha value is -2.27. The molecule has 0 radical (unpaired) electrons. The predicted octanol–water partition coefficient (Wildman–Crippen LogP) is 5.22. The molecule has 0 spiro atoms. The molecule has 1 aromatic heterocycles. The fraction of sp³-hybridized carbons (Fsp3) is 0.458. The van der Waals surface area contributed by atoms with E-state index >= 15 is 0 Å². The van der Waals surface area contributed by atoms with Crippen LogP contribution in [-0.2, 0) is 9.59 Å². The van der Waals surface area contributed by atoms with Crippen molar-refractivity contribution < 1.29 is 9.59 Å². The molecule has 2 bridgehead atoms. The van der Waals surface area contributed by atoms with Gasteiger partial charge < -0.3 is 0 Å². The topological polar surface area (TPSA) is 50.3 Å². The van der Waals surface area contributed by atoms with Crippen molar-refractivity contribution in [2.24, 2.45) is 23.7 Å². The zero-order chi connectivity index (χ0) is 20.6. The minimum absolute atomic E-state index is 0.0358. The molecule has 5 heteroatoms. The smallest absolute Gasteiger partial charge is 0.240 e. The van der Waals surface area contributed by atoms with E-state index in [4.69, 9.17) is 4.98 Å². The number of fused-ring (bicyclic) bond motifs is 5. The summed E-state index contributed by atoms with van der Waals surface area (Å²) in [7, 11) is 0. The highest BCUT2D eigenvalue weighted by Gasteiger charge is 2.64. The number of hydrogen-bond donors (Lipinski definition) is 0. The summed E-state index contributed by atoms with van der Waals surface area (Å²) in [6.45, 7) is 10.4. The molecule has 2 saturated carbocycles. The van der Waals surface area contributed by atoms with Gasteiger partial charge in [-0.3, -0.25) is 9.59 Å². The molecular weight excluding hydrogens is 380 g/mol. The summed E-state index contributed by atoms with van der Waals surface area (Å²) in [4.78, 5) is 33.9. The summed E-state index contributed by atoms with van der Waals surface area (Å²) >= 11 is 1.45. The lowest BCUT2D eigenvalue weighted by atomic mass is 9.81. The lowest BCUT2D eigenvalue weighted by Crippen LogP contribution is -2.33. The van der Waals surface area contributed by atoms with Crippen molar-refractivity contribution in [1.29, 1.82) is 0 Å². The monoisotopic (exact) mass is 406 g/mol. The van der Waals surface area contributed by atoms with E-state index in [1.54, 1.807) is 0 Å². The van der Waals surface area contributed by atoms with Crippen LogP contribution in [0.4, 0.5) is 5.13 Å². The predicted molar refractivity (Wildman–Crippen MR) is 116 cm³/mol. The molecule has 2 aromatic rings. The number of aromatic nitrogens is 1. The minimum atomic E-state index is -0.180. The Morgan fingerprint density at radius 1 is 1.00 bits per heavy atom. The molecule has 4 atom stereocenters. The highest BCUT2D eigenvalue weighted by Crippen LogP contribution is 2.60. The molecule has 1 saturated heterocycles. The number of benzene rings is 1. The van der Waals surface area contributed by atoms with Crippen LogP contribution in [0.5, 0.6) is 0 Å². The van der Waals surface area contributed by atoms with Crippen molar-refractivity contribution >= 4 is 28.3 Å². The first-order valence-electron chi connectivity index (χ1n) is 10.4. The molecule has 2 heterocycles. The van der Waals surface area contributed by atoms with E-state index in [1.807, 2.05) is 6.92 Å². The molecule has 29 heavy (non-hydrogen) atoms. The van der Waals surface area contributed by atoms with Crippen LogP contribution in [0.3, 0.4) is 0 Å². The summed E-state index contributed by atoms with van der Waals surface area (Å²) in [5.74, 6) is 0.0620. The van der Waals surface area contributed by atoms with Crippen LogP contribution in [0.1, 0.15) is 42.7 Å². The highest BCUT2D eigenvalue weighted by atomic mass is 32.1. The van der Waals surface area contributed by atoms with Crippen LogP contribution in [-0.4, -0.2) is 16.8 Å².